The van der Waals surface area contributed by atoms with Crippen molar-refractivity contribution in [2.75, 3.05) is 25.1 Å². The second kappa shape index (κ2) is 4.49. The van der Waals surface area contributed by atoms with Gasteiger partial charge in [0.05, 0.1) is 17.4 Å². The van der Waals surface area contributed by atoms with Crippen LogP contribution in [0.4, 0.5) is 0 Å². The Balaban J connectivity index is 2.49. The van der Waals surface area contributed by atoms with E-state index in [0.717, 1.165) is 0 Å². The summed E-state index contributed by atoms with van der Waals surface area (Å²) in [4.78, 5) is 12.5. The first-order chi connectivity index (χ1) is 6.82. The van der Waals surface area contributed by atoms with Crippen LogP contribution in [-0.2, 0) is 14.6 Å². The number of hydrogen-bond acceptors (Lipinski definition) is 4. The van der Waals surface area contributed by atoms with Gasteiger partial charge in [0.2, 0.25) is 0 Å². The lowest BCUT2D eigenvalue weighted by molar-refractivity contribution is -0.141. The standard InChI is InChI=1S/C9H17NO4S/c1-7(9(11)12)5-10(2)8-3-4-15(13,14)6-8/h7-8H,3-6H2,1-2H3,(H,11,12). The SMILES string of the molecule is CC(CN(C)C1CCS(=O)(=O)C1)C(=O)O. The van der Waals surface area contributed by atoms with E-state index in [1.165, 1.54) is 0 Å². The maximum absolute atomic E-state index is 11.2. The smallest absolute Gasteiger partial charge is 0.307 e. The fourth-order valence-corrected chi connectivity index (χ4v) is 3.59. The summed E-state index contributed by atoms with van der Waals surface area (Å²) in [7, 11) is -1.10. The Bertz CT molecular complexity index is 338. The molecule has 0 aromatic heterocycles. The van der Waals surface area contributed by atoms with Crippen LogP contribution in [0.25, 0.3) is 0 Å². The predicted octanol–water partition coefficient (Wildman–Crippen LogP) is -0.174. The van der Waals surface area contributed by atoms with Gasteiger partial charge in [-0.25, -0.2) is 8.42 Å². The molecular formula is C9H17NO4S. The lowest BCUT2D eigenvalue weighted by atomic mass is 10.1. The summed E-state index contributed by atoms with van der Waals surface area (Å²) in [6.45, 7) is 2.03. The lowest BCUT2D eigenvalue weighted by Crippen LogP contribution is -2.37. The number of nitrogens with zero attached hydrogens (tertiary/aromatic N) is 1. The molecule has 1 aliphatic heterocycles. The molecule has 0 saturated carbocycles. The van der Waals surface area contributed by atoms with Gasteiger partial charge >= 0.3 is 5.97 Å². The zero-order valence-electron chi connectivity index (χ0n) is 9.01. The molecule has 6 heteroatoms. The Kier molecular flexibility index (Phi) is 3.72. The van der Waals surface area contributed by atoms with Crippen molar-refractivity contribution in [2.24, 2.45) is 5.92 Å². The van der Waals surface area contributed by atoms with E-state index in [9.17, 15) is 13.2 Å². The first kappa shape index (κ1) is 12.4. The molecule has 1 saturated heterocycles. The summed E-state index contributed by atoms with van der Waals surface area (Å²) in [6, 6.07) is -0.0169. The van der Waals surface area contributed by atoms with Crippen LogP contribution in [0, 0.1) is 5.92 Å². The highest BCUT2D eigenvalue weighted by Gasteiger charge is 2.31. The van der Waals surface area contributed by atoms with E-state index in [2.05, 4.69) is 0 Å². The summed E-state index contributed by atoms with van der Waals surface area (Å²) in [6.07, 6.45) is 0.616. The van der Waals surface area contributed by atoms with Crippen molar-refractivity contribution in [3.63, 3.8) is 0 Å². The van der Waals surface area contributed by atoms with Crippen LogP contribution in [-0.4, -0.2) is 55.5 Å². The van der Waals surface area contributed by atoms with Crippen molar-refractivity contribution in [3.05, 3.63) is 0 Å². The minimum atomic E-state index is -2.89. The zero-order valence-corrected chi connectivity index (χ0v) is 9.83. The molecule has 0 radical (unpaired) electrons. The van der Waals surface area contributed by atoms with Gasteiger partial charge in [-0.05, 0) is 13.5 Å². The number of hydrogen-bond donors (Lipinski definition) is 1. The Morgan fingerprint density at radius 1 is 1.60 bits per heavy atom. The first-order valence-electron chi connectivity index (χ1n) is 4.95. The van der Waals surface area contributed by atoms with Gasteiger partial charge in [-0.15, -0.1) is 0 Å². The summed E-state index contributed by atoms with van der Waals surface area (Å²) < 4.78 is 22.4. The molecule has 1 N–H and O–H groups in total. The highest BCUT2D eigenvalue weighted by atomic mass is 32.2. The quantitative estimate of drug-likeness (QED) is 0.732. The Morgan fingerprint density at radius 2 is 2.20 bits per heavy atom. The second-order valence-electron chi connectivity index (χ2n) is 4.24. The number of carbonyl (C=O) groups is 1. The number of sulfone groups is 1. The van der Waals surface area contributed by atoms with Gasteiger partial charge in [0.1, 0.15) is 0 Å². The van der Waals surface area contributed by atoms with Crippen molar-refractivity contribution in [2.45, 2.75) is 19.4 Å². The average molecular weight is 235 g/mol. The van der Waals surface area contributed by atoms with Crippen molar-refractivity contribution >= 4 is 15.8 Å². The molecule has 2 unspecified atom stereocenters. The molecule has 1 aliphatic rings. The third-order valence-electron chi connectivity index (χ3n) is 2.82. The molecule has 1 heterocycles. The van der Waals surface area contributed by atoms with Crippen LogP contribution in [0.15, 0.2) is 0 Å². The maximum Gasteiger partial charge on any atom is 0.307 e. The van der Waals surface area contributed by atoms with Crippen molar-refractivity contribution in [3.8, 4) is 0 Å². The van der Waals surface area contributed by atoms with E-state index in [4.69, 9.17) is 5.11 Å². The highest BCUT2D eigenvalue weighted by Crippen LogP contribution is 2.17. The van der Waals surface area contributed by atoms with Crippen molar-refractivity contribution in [1.29, 1.82) is 0 Å². The van der Waals surface area contributed by atoms with Crippen LogP contribution < -0.4 is 0 Å². The van der Waals surface area contributed by atoms with Gasteiger partial charge in [-0.2, -0.15) is 0 Å². The van der Waals surface area contributed by atoms with E-state index in [-0.39, 0.29) is 17.5 Å². The molecule has 1 fully saturated rings. The lowest BCUT2D eigenvalue weighted by Gasteiger charge is -2.24. The summed E-state index contributed by atoms with van der Waals surface area (Å²) >= 11 is 0. The third kappa shape index (κ3) is 3.46. The van der Waals surface area contributed by atoms with E-state index in [0.29, 0.717) is 13.0 Å². The summed E-state index contributed by atoms with van der Waals surface area (Å²) in [5.41, 5.74) is 0. The van der Waals surface area contributed by atoms with Crippen molar-refractivity contribution < 1.29 is 18.3 Å². The van der Waals surface area contributed by atoms with E-state index in [1.54, 1.807) is 14.0 Å². The predicted molar refractivity (Wildman–Crippen MR) is 56.5 cm³/mol. The highest BCUT2D eigenvalue weighted by molar-refractivity contribution is 7.91. The topological polar surface area (TPSA) is 74.7 Å². The summed E-state index contributed by atoms with van der Waals surface area (Å²) in [5, 5.41) is 8.73. The van der Waals surface area contributed by atoms with Crippen LogP contribution in [0.5, 0.6) is 0 Å². The Labute approximate surface area is 90.0 Å². The Hall–Kier alpha value is -0.620. The van der Waals surface area contributed by atoms with E-state index >= 15 is 0 Å². The molecule has 1 rings (SSSR count). The van der Waals surface area contributed by atoms with Gasteiger partial charge < -0.3 is 10.0 Å². The normalized spacial score (nSPS) is 26.7. The summed E-state index contributed by atoms with van der Waals surface area (Å²) in [5.74, 6) is -0.916. The monoisotopic (exact) mass is 235 g/mol. The van der Waals surface area contributed by atoms with Gasteiger partial charge in [0.15, 0.2) is 9.84 Å². The average Bonchev–Trinajstić information content (AvgIpc) is 2.45. The van der Waals surface area contributed by atoms with Crippen LogP contribution in [0.2, 0.25) is 0 Å². The van der Waals surface area contributed by atoms with Crippen LogP contribution in [0.3, 0.4) is 0 Å². The number of carboxylic acid groups (broad SMARTS) is 1. The molecule has 15 heavy (non-hydrogen) atoms. The molecular weight excluding hydrogens is 218 g/mol. The number of carboxylic acids is 1. The van der Waals surface area contributed by atoms with Gasteiger partial charge in [-0.1, -0.05) is 6.92 Å². The maximum atomic E-state index is 11.2. The molecule has 0 aromatic rings. The molecule has 2 atom stereocenters. The second-order valence-corrected chi connectivity index (χ2v) is 6.46. The molecule has 5 nitrogen and oxygen atoms in total. The molecule has 0 amide bonds. The van der Waals surface area contributed by atoms with Gasteiger partial charge in [-0.3, -0.25) is 4.79 Å². The third-order valence-corrected chi connectivity index (χ3v) is 4.57. The molecule has 0 spiro atoms. The van der Waals surface area contributed by atoms with Gasteiger partial charge in [0.25, 0.3) is 0 Å². The van der Waals surface area contributed by atoms with Crippen LogP contribution in [0.1, 0.15) is 13.3 Å². The molecule has 0 bridgehead atoms. The molecule has 88 valence electrons. The minimum Gasteiger partial charge on any atom is -0.481 e. The van der Waals surface area contributed by atoms with E-state index in [1.807, 2.05) is 4.90 Å². The van der Waals surface area contributed by atoms with Crippen molar-refractivity contribution in [1.82, 2.24) is 4.90 Å². The fraction of sp³-hybridized carbons (Fsp3) is 0.889. The number of rotatable bonds is 4. The number of aliphatic carboxylic acids is 1. The molecule has 0 aromatic carbocycles. The molecule has 0 aliphatic carbocycles. The largest absolute Gasteiger partial charge is 0.481 e. The minimum absolute atomic E-state index is 0.0169. The first-order valence-corrected chi connectivity index (χ1v) is 6.77. The van der Waals surface area contributed by atoms with Gasteiger partial charge in [0, 0.05) is 12.6 Å². The fourth-order valence-electron chi connectivity index (χ4n) is 1.78. The zero-order chi connectivity index (χ0) is 11.6. The van der Waals surface area contributed by atoms with Crippen LogP contribution >= 0.6 is 0 Å². The van der Waals surface area contributed by atoms with E-state index < -0.39 is 21.7 Å². The Morgan fingerprint density at radius 3 is 2.60 bits per heavy atom.